The van der Waals surface area contributed by atoms with Gasteiger partial charge in [0, 0.05) is 31.6 Å². The number of sulfonamides is 1. The molecule has 7 heteroatoms. The summed E-state index contributed by atoms with van der Waals surface area (Å²) in [7, 11) is -3.57. The molecule has 0 saturated carbocycles. The van der Waals surface area contributed by atoms with Crippen LogP contribution in [0.25, 0.3) is 0 Å². The molecule has 0 radical (unpaired) electrons. The van der Waals surface area contributed by atoms with Crippen molar-refractivity contribution in [3.8, 4) is 0 Å². The topological polar surface area (TPSA) is 40.6 Å². The maximum atomic E-state index is 12.8. The molecule has 1 aromatic carbocycles. The molecule has 4 nitrogen and oxygen atoms in total. The highest BCUT2D eigenvalue weighted by molar-refractivity contribution is 7.89. The van der Waals surface area contributed by atoms with E-state index in [2.05, 4.69) is 11.8 Å². The monoisotopic (exact) mass is 350 g/mol. The molecule has 1 atom stereocenters. The van der Waals surface area contributed by atoms with Crippen molar-refractivity contribution < 1.29 is 8.42 Å². The van der Waals surface area contributed by atoms with Crippen LogP contribution in [-0.4, -0.2) is 49.8 Å². The van der Waals surface area contributed by atoms with Crippen LogP contribution >= 0.6 is 23.2 Å². The minimum atomic E-state index is -3.57. The molecule has 2 rings (SSSR count). The molecule has 1 saturated heterocycles. The van der Waals surface area contributed by atoms with E-state index < -0.39 is 10.0 Å². The van der Waals surface area contributed by atoms with Crippen LogP contribution in [0.4, 0.5) is 0 Å². The Kier molecular flexibility index (Phi) is 5.54. The molecular formula is C14H20Cl2N2O2S. The molecule has 1 aliphatic rings. The largest absolute Gasteiger partial charge is 0.298 e. The lowest BCUT2D eigenvalue weighted by molar-refractivity contribution is 0.135. The average molecular weight is 351 g/mol. The Hall–Kier alpha value is -0.330. The van der Waals surface area contributed by atoms with Crippen LogP contribution in [-0.2, 0) is 15.9 Å². The molecule has 1 aliphatic heterocycles. The van der Waals surface area contributed by atoms with Crippen LogP contribution < -0.4 is 0 Å². The summed E-state index contributed by atoms with van der Waals surface area (Å²) >= 11 is 11.9. The molecular weight excluding hydrogens is 331 g/mol. The van der Waals surface area contributed by atoms with Gasteiger partial charge in [0.2, 0.25) is 10.0 Å². The molecule has 0 aromatic heterocycles. The average Bonchev–Trinajstić information content (AvgIpc) is 2.47. The molecule has 1 unspecified atom stereocenters. The number of likely N-dealkylation sites (N-methyl/N-ethyl adjacent to an activating group) is 1. The fourth-order valence-electron chi connectivity index (χ4n) is 2.62. The third-order valence-electron chi connectivity index (χ3n) is 3.90. The van der Waals surface area contributed by atoms with Gasteiger partial charge >= 0.3 is 0 Å². The molecule has 1 heterocycles. The fourth-order valence-corrected chi connectivity index (χ4v) is 4.82. The van der Waals surface area contributed by atoms with E-state index in [1.807, 2.05) is 6.92 Å². The number of hydrogen-bond acceptors (Lipinski definition) is 3. The van der Waals surface area contributed by atoms with Crippen molar-refractivity contribution in [2.75, 3.05) is 26.2 Å². The minimum absolute atomic E-state index is 0.152. The van der Waals surface area contributed by atoms with Crippen LogP contribution in [0.2, 0.25) is 5.02 Å². The zero-order valence-corrected chi connectivity index (χ0v) is 14.5. The first-order chi connectivity index (χ1) is 9.90. The van der Waals surface area contributed by atoms with E-state index in [0.717, 1.165) is 18.7 Å². The summed E-state index contributed by atoms with van der Waals surface area (Å²) < 4.78 is 27.1. The molecule has 118 valence electrons. The minimum Gasteiger partial charge on any atom is -0.298 e. The van der Waals surface area contributed by atoms with Gasteiger partial charge in [-0.2, -0.15) is 4.31 Å². The van der Waals surface area contributed by atoms with Crippen molar-refractivity contribution >= 4 is 33.2 Å². The van der Waals surface area contributed by atoms with E-state index in [1.165, 1.54) is 4.31 Å². The summed E-state index contributed by atoms with van der Waals surface area (Å²) in [5, 5.41) is 0.245. The highest BCUT2D eigenvalue weighted by Crippen LogP contribution is 2.28. The lowest BCUT2D eigenvalue weighted by Gasteiger charge is -2.38. The van der Waals surface area contributed by atoms with E-state index in [0.29, 0.717) is 13.1 Å². The number of rotatable bonds is 4. The van der Waals surface area contributed by atoms with Gasteiger partial charge in [-0.1, -0.05) is 24.6 Å². The van der Waals surface area contributed by atoms with Crippen molar-refractivity contribution in [2.45, 2.75) is 30.7 Å². The highest BCUT2D eigenvalue weighted by atomic mass is 35.5. The number of piperazine rings is 1. The molecule has 0 amide bonds. The Bertz CT molecular complexity index is 607. The lowest BCUT2D eigenvalue weighted by Crippen LogP contribution is -2.53. The van der Waals surface area contributed by atoms with Crippen LogP contribution in [0.3, 0.4) is 0 Å². The number of benzene rings is 1. The SMILES string of the molecule is CCN1CCN(S(=O)(=O)c2cc(CCl)ccc2Cl)CC1C. The van der Waals surface area contributed by atoms with E-state index in [1.54, 1.807) is 18.2 Å². The number of nitrogens with zero attached hydrogens (tertiary/aromatic N) is 2. The van der Waals surface area contributed by atoms with Gasteiger partial charge in [-0.25, -0.2) is 8.42 Å². The lowest BCUT2D eigenvalue weighted by atomic mass is 10.2. The summed E-state index contributed by atoms with van der Waals surface area (Å²) in [6.45, 7) is 6.77. The van der Waals surface area contributed by atoms with Gasteiger partial charge in [0.25, 0.3) is 0 Å². The van der Waals surface area contributed by atoms with Crippen molar-refractivity contribution in [3.05, 3.63) is 28.8 Å². The quantitative estimate of drug-likeness (QED) is 0.784. The van der Waals surface area contributed by atoms with Crippen LogP contribution in [0.15, 0.2) is 23.1 Å². The van der Waals surface area contributed by atoms with E-state index in [-0.39, 0.29) is 21.8 Å². The van der Waals surface area contributed by atoms with Crippen molar-refractivity contribution in [3.63, 3.8) is 0 Å². The van der Waals surface area contributed by atoms with Gasteiger partial charge in [0.15, 0.2) is 0 Å². The van der Waals surface area contributed by atoms with Gasteiger partial charge < -0.3 is 0 Å². The first kappa shape index (κ1) is 17.0. The molecule has 1 aromatic rings. The predicted molar refractivity (Wildman–Crippen MR) is 86.5 cm³/mol. The van der Waals surface area contributed by atoms with Gasteiger partial charge in [0.1, 0.15) is 4.90 Å². The van der Waals surface area contributed by atoms with Crippen LogP contribution in [0.1, 0.15) is 19.4 Å². The van der Waals surface area contributed by atoms with Crippen molar-refractivity contribution in [2.24, 2.45) is 0 Å². The van der Waals surface area contributed by atoms with Crippen LogP contribution in [0, 0.1) is 0 Å². The number of halogens is 2. The van der Waals surface area contributed by atoms with E-state index in [9.17, 15) is 8.42 Å². The van der Waals surface area contributed by atoms with E-state index >= 15 is 0 Å². The smallest absolute Gasteiger partial charge is 0.244 e. The van der Waals surface area contributed by atoms with Gasteiger partial charge in [-0.05, 0) is 31.2 Å². The molecule has 0 spiro atoms. The molecule has 1 fully saturated rings. The zero-order valence-electron chi connectivity index (χ0n) is 12.2. The van der Waals surface area contributed by atoms with Crippen molar-refractivity contribution in [1.29, 1.82) is 0 Å². The molecule has 0 bridgehead atoms. The Morgan fingerprint density at radius 3 is 2.62 bits per heavy atom. The van der Waals surface area contributed by atoms with Crippen molar-refractivity contribution in [1.82, 2.24) is 9.21 Å². The van der Waals surface area contributed by atoms with Crippen LogP contribution in [0.5, 0.6) is 0 Å². The summed E-state index contributed by atoms with van der Waals surface area (Å²) in [6.07, 6.45) is 0. The maximum Gasteiger partial charge on any atom is 0.244 e. The Morgan fingerprint density at radius 1 is 1.33 bits per heavy atom. The second-order valence-electron chi connectivity index (χ2n) is 5.24. The van der Waals surface area contributed by atoms with E-state index in [4.69, 9.17) is 23.2 Å². The third-order valence-corrected chi connectivity index (χ3v) is 6.56. The normalized spacial score (nSPS) is 21.6. The second-order valence-corrected chi connectivity index (χ2v) is 7.82. The Labute approximate surface area is 136 Å². The Balaban J connectivity index is 2.31. The molecule has 0 aliphatic carbocycles. The summed E-state index contributed by atoms with van der Waals surface area (Å²) in [6, 6.07) is 5.11. The molecule has 21 heavy (non-hydrogen) atoms. The first-order valence-electron chi connectivity index (χ1n) is 6.98. The standard InChI is InChI=1S/C14H20Cl2N2O2S/c1-3-17-6-7-18(10-11(17)2)21(19,20)14-8-12(9-15)4-5-13(14)16/h4-5,8,11H,3,6-7,9-10H2,1-2H3. The van der Waals surface area contributed by atoms with Gasteiger partial charge in [0.05, 0.1) is 5.02 Å². The van der Waals surface area contributed by atoms with Gasteiger partial charge in [-0.3, -0.25) is 4.90 Å². The highest BCUT2D eigenvalue weighted by Gasteiger charge is 2.32. The number of alkyl halides is 1. The zero-order chi connectivity index (χ0) is 15.6. The van der Waals surface area contributed by atoms with Gasteiger partial charge in [-0.15, -0.1) is 11.6 Å². The predicted octanol–water partition coefficient (Wildman–Crippen LogP) is 2.79. The summed E-state index contributed by atoms with van der Waals surface area (Å²) in [5.41, 5.74) is 0.750. The second kappa shape index (κ2) is 6.84. The Morgan fingerprint density at radius 2 is 2.05 bits per heavy atom. The fraction of sp³-hybridized carbons (Fsp3) is 0.571. The molecule has 0 N–H and O–H groups in total. The summed E-state index contributed by atoms with van der Waals surface area (Å²) in [4.78, 5) is 2.42. The summed E-state index contributed by atoms with van der Waals surface area (Å²) in [5.74, 6) is 0.264. The third kappa shape index (κ3) is 3.54. The number of hydrogen-bond donors (Lipinski definition) is 0. The first-order valence-corrected chi connectivity index (χ1v) is 9.34. The maximum absolute atomic E-state index is 12.8.